The lowest BCUT2D eigenvalue weighted by Crippen LogP contribution is -2.48. The van der Waals surface area contributed by atoms with Crippen molar-refractivity contribution < 1.29 is 17.9 Å². The van der Waals surface area contributed by atoms with Gasteiger partial charge in [0.25, 0.3) is 5.91 Å². The maximum Gasteiger partial charge on any atom is 0.251 e. The number of ether oxygens (including phenoxy) is 1. The van der Waals surface area contributed by atoms with Crippen LogP contribution in [0.4, 0.5) is 0 Å². The smallest absolute Gasteiger partial charge is 0.251 e. The van der Waals surface area contributed by atoms with Crippen molar-refractivity contribution in [1.29, 1.82) is 0 Å². The minimum Gasteiger partial charge on any atom is -0.497 e. The zero-order valence-corrected chi connectivity index (χ0v) is 23.2. The van der Waals surface area contributed by atoms with Crippen molar-refractivity contribution >= 4 is 15.9 Å². The van der Waals surface area contributed by atoms with Crippen molar-refractivity contribution in [1.82, 2.24) is 14.5 Å². The van der Waals surface area contributed by atoms with Gasteiger partial charge in [-0.05, 0) is 59.9 Å². The summed E-state index contributed by atoms with van der Waals surface area (Å²) < 4.78 is 32.6. The number of hydrogen-bond donors (Lipinski definition) is 1. The molecule has 1 saturated heterocycles. The Hall–Kier alpha value is -3.20. The van der Waals surface area contributed by atoms with Crippen LogP contribution in [0, 0.1) is 5.92 Å². The number of carbonyl (C=O) groups is 1. The Balaban J connectivity index is 1.33. The minimum absolute atomic E-state index is 0.0865. The first-order valence-corrected chi connectivity index (χ1v) is 14.5. The number of piperazine rings is 1. The topological polar surface area (TPSA) is 79.0 Å². The van der Waals surface area contributed by atoms with Crippen LogP contribution < -0.4 is 10.1 Å². The molecule has 4 rings (SSSR count). The average molecular weight is 536 g/mol. The maximum absolute atomic E-state index is 13.1. The molecule has 1 fully saturated rings. The van der Waals surface area contributed by atoms with Crippen molar-refractivity contribution in [2.24, 2.45) is 5.92 Å². The van der Waals surface area contributed by atoms with Crippen LogP contribution in [-0.4, -0.2) is 56.8 Å². The molecule has 0 aliphatic carbocycles. The molecule has 8 heteroatoms. The number of rotatable bonds is 10. The summed E-state index contributed by atoms with van der Waals surface area (Å²) in [4.78, 5) is 15.7. The molecule has 0 radical (unpaired) electrons. The molecule has 0 saturated carbocycles. The Morgan fingerprint density at radius 3 is 2.11 bits per heavy atom. The van der Waals surface area contributed by atoms with Crippen molar-refractivity contribution in [3.8, 4) is 5.75 Å². The number of nitrogens with zero attached hydrogens (tertiary/aromatic N) is 2. The summed E-state index contributed by atoms with van der Waals surface area (Å²) in [5.74, 6) is 1.11. The van der Waals surface area contributed by atoms with Crippen molar-refractivity contribution in [3.05, 3.63) is 95.6 Å². The summed E-state index contributed by atoms with van der Waals surface area (Å²) >= 11 is 0. The molecule has 7 nitrogen and oxygen atoms in total. The lowest BCUT2D eigenvalue weighted by atomic mass is 9.96. The van der Waals surface area contributed by atoms with Gasteiger partial charge in [0, 0.05) is 38.3 Å². The van der Waals surface area contributed by atoms with E-state index in [4.69, 9.17) is 4.74 Å². The fourth-order valence-electron chi connectivity index (χ4n) is 4.72. The summed E-state index contributed by atoms with van der Waals surface area (Å²) in [6.45, 7) is 7.24. The molecule has 202 valence electrons. The summed E-state index contributed by atoms with van der Waals surface area (Å²) in [6.07, 6.45) is 0.835. The van der Waals surface area contributed by atoms with Gasteiger partial charge in [-0.2, -0.15) is 4.31 Å². The van der Waals surface area contributed by atoms with Crippen molar-refractivity contribution in [2.75, 3.05) is 33.3 Å². The van der Waals surface area contributed by atoms with Gasteiger partial charge >= 0.3 is 0 Å². The molecule has 1 atom stereocenters. The van der Waals surface area contributed by atoms with Gasteiger partial charge in [0.05, 0.1) is 18.0 Å². The number of carbonyl (C=O) groups excluding carboxylic acids is 1. The van der Waals surface area contributed by atoms with E-state index in [1.54, 1.807) is 35.7 Å². The lowest BCUT2D eigenvalue weighted by molar-refractivity contribution is 0.0932. The van der Waals surface area contributed by atoms with E-state index < -0.39 is 10.0 Å². The highest BCUT2D eigenvalue weighted by molar-refractivity contribution is 7.89. The van der Waals surface area contributed by atoms with Crippen molar-refractivity contribution in [3.63, 3.8) is 0 Å². The number of benzene rings is 3. The zero-order chi connectivity index (χ0) is 27.1. The third kappa shape index (κ3) is 7.01. The highest BCUT2D eigenvalue weighted by atomic mass is 32.2. The van der Waals surface area contributed by atoms with E-state index in [1.807, 2.05) is 54.6 Å². The van der Waals surface area contributed by atoms with E-state index in [2.05, 4.69) is 24.1 Å². The standard InChI is InChI=1S/C30H37N3O4S/c1-23(2)21-29(25-13-15-27(37-3)16-14-25)31-30(34)26-11-9-24(10-12-26)22-32-17-19-33(20-18-32)38(35,36)28-7-5-4-6-8-28/h4-16,23,29H,17-22H2,1-3H3,(H,31,34). The summed E-state index contributed by atoms with van der Waals surface area (Å²) in [5.41, 5.74) is 2.77. The van der Waals surface area contributed by atoms with Gasteiger partial charge in [-0.15, -0.1) is 0 Å². The number of methoxy groups -OCH3 is 1. The predicted octanol–water partition coefficient (Wildman–Crippen LogP) is 4.72. The molecule has 1 aliphatic heterocycles. The number of nitrogens with one attached hydrogen (secondary N) is 1. The average Bonchev–Trinajstić information content (AvgIpc) is 2.93. The van der Waals surface area contributed by atoms with E-state index in [1.165, 1.54) is 0 Å². The fourth-order valence-corrected chi connectivity index (χ4v) is 6.16. The highest BCUT2D eigenvalue weighted by Gasteiger charge is 2.28. The molecule has 0 aromatic heterocycles. The Labute approximate surface area is 226 Å². The quantitative estimate of drug-likeness (QED) is 0.407. The van der Waals surface area contributed by atoms with Gasteiger partial charge in [-0.25, -0.2) is 8.42 Å². The van der Waals surface area contributed by atoms with E-state index in [0.29, 0.717) is 49.1 Å². The van der Waals surface area contributed by atoms with Gasteiger partial charge in [-0.1, -0.05) is 56.3 Å². The molecule has 0 spiro atoms. The van der Waals surface area contributed by atoms with Gasteiger partial charge in [0.15, 0.2) is 0 Å². The van der Waals surface area contributed by atoms with Crippen LogP contribution in [0.3, 0.4) is 0 Å². The van der Waals surface area contributed by atoms with Crippen LogP contribution in [0.5, 0.6) is 5.75 Å². The normalized spacial score (nSPS) is 15.8. The first-order valence-electron chi connectivity index (χ1n) is 13.1. The predicted molar refractivity (Wildman–Crippen MR) is 150 cm³/mol. The summed E-state index contributed by atoms with van der Waals surface area (Å²) in [7, 11) is -1.82. The summed E-state index contributed by atoms with van der Waals surface area (Å²) in [5, 5.41) is 3.20. The van der Waals surface area contributed by atoms with E-state index in [0.717, 1.165) is 23.3 Å². The Morgan fingerprint density at radius 1 is 0.895 bits per heavy atom. The highest BCUT2D eigenvalue weighted by Crippen LogP contribution is 2.24. The first-order chi connectivity index (χ1) is 18.3. The maximum atomic E-state index is 13.1. The second kappa shape index (κ2) is 12.6. The Kier molecular flexibility index (Phi) is 9.20. The largest absolute Gasteiger partial charge is 0.497 e. The van der Waals surface area contributed by atoms with Crippen LogP contribution in [0.25, 0.3) is 0 Å². The molecule has 3 aromatic rings. The lowest BCUT2D eigenvalue weighted by Gasteiger charge is -2.34. The Morgan fingerprint density at radius 2 is 1.53 bits per heavy atom. The van der Waals surface area contributed by atoms with Crippen LogP contribution in [0.1, 0.15) is 47.8 Å². The van der Waals surface area contributed by atoms with Gasteiger partial charge < -0.3 is 10.1 Å². The third-order valence-corrected chi connectivity index (χ3v) is 8.78. The first kappa shape index (κ1) is 27.8. The SMILES string of the molecule is COc1ccc(C(CC(C)C)NC(=O)c2ccc(CN3CCN(S(=O)(=O)c4ccccc4)CC3)cc2)cc1. The third-order valence-electron chi connectivity index (χ3n) is 6.87. The minimum atomic E-state index is -3.46. The molecule has 38 heavy (non-hydrogen) atoms. The van der Waals surface area contributed by atoms with Gasteiger partial charge in [-0.3, -0.25) is 9.69 Å². The summed E-state index contributed by atoms with van der Waals surface area (Å²) in [6, 6.07) is 24.0. The van der Waals surface area contributed by atoms with Gasteiger partial charge in [0.2, 0.25) is 10.0 Å². The van der Waals surface area contributed by atoms with E-state index >= 15 is 0 Å². The molecule has 1 aliphatic rings. The van der Waals surface area contributed by atoms with Crippen LogP contribution in [-0.2, 0) is 16.6 Å². The molecule has 1 N–H and O–H groups in total. The number of amides is 1. The number of sulfonamides is 1. The van der Waals surface area contributed by atoms with E-state index in [-0.39, 0.29) is 11.9 Å². The zero-order valence-electron chi connectivity index (χ0n) is 22.3. The molecule has 1 heterocycles. The second-order valence-corrected chi connectivity index (χ2v) is 12.1. The molecule has 1 unspecified atom stereocenters. The van der Waals surface area contributed by atoms with Gasteiger partial charge in [0.1, 0.15) is 5.75 Å². The monoisotopic (exact) mass is 535 g/mol. The van der Waals surface area contributed by atoms with Crippen LogP contribution in [0.2, 0.25) is 0 Å². The second-order valence-electron chi connectivity index (χ2n) is 10.1. The molecule has 3 aromatic carbocycles. The van der Waals surface area contributed by atoms with Crippen LogP contribution in [0.15, 0.2) is 83.8 Å². The number of hydrogen-bond acceptors (Lipinski definition) is 5. The molecule has 0 bridgehead atoms. The Bertz CT molecular complexity index is 1290. The van der Waals surface area contributed by atoms with Crippen LogP contribution >= 0.6 is 0 Å². The molecular formula is C30H37N3O4S. The van der Waals surface area contributed by atoms with Crippen molar-refractivity contribution in [2.45, 2.75) is 37.8 Å². The fraction of sp³-hybridized carbons (Fsp3) is 0.367. The molecule has 1 amide bonds. The molecular weight excluding hydrogens is 498 g/mol. The van der Waals surface area contributed by atoms with E-state index in [9.17, 15) is 13.2 Å².